The fourth-order valence-electron chi connectivity index (χ4n) is 7.17. The largest absolute Gasteiger partial charge is 0.328 e. The Morgan fingerprint density at radius 1 is 0.444 bits per heavy atom. The van der Waals surface area contributed by atoms with Crippen molar-refractivity contribution < 1.29 is 29.4 Å². The highest BCUT2D eigenvalue weighted by Crippen LogP contribution is 2.46. The van der Waals surface area contributed by atoms with Crippen LogP contribution in [0.15, 0.2) is 60.7 Å². The molecule has 6 N–H and O–H groups in total. The molecule has 0 aromatic heterocycles. The van der Waals surface area contributed by atoms with Crippen LogP contribution >= 0.6 is 67.7 Å². The Kier molecular flexibility index (Phi) is 39.3. The smallest absolute Gasteiger partial charge is 0.324 e. The second-order valence-corrected chi connectivity index (χ2v) is 17.8. The van der Waals surface area contributed by atoms with Crippen molar-refractivity contribution in [3.05, 3.63) is 71.8 Å². The highest BCUT2D eigenvalue weighted by atomic mass is 32.1. The van der Waals surface area contributed by atoms with Crippen molar-refractivity contribution in [2.75, 3.05) is 11.5 Å². The van der Waals surface area contributed by atoms with Gasteiger partial charge in [0.2, 0.25) is 0 Å². The maximum Gasteiger partial charge on any atom is 0.324 e. The Labute approximate surface area is 354 Å². The molecule has 0 saturated heterocycles. The predicted molar refractivity (Wildman–Crippen MR) is 249 cm³/mol. The van der Waals surface area contributed by atoms with Crippen LogP contribution in [0.5, 0.6) is 0 Å². The van der Waals surface area contributed by atoms with Gasteiger partial charge in [0.05, 0.1) is 0 Å². The standard InChI is InChI=1S/C42H70S4.2H3O3P/c43-36-25-15-11-7-3-1-5-9-13-21-30-40(33-27-34-41(45)38-28-19-17-20-29-38)42(46,39-31-22-18-23-32-39)35-24-14-10-6-2-4-8-12-16-26-37-44;2*1-4(2)3/h17-20,22-23,28-29,31-32,40-41,43-46H,1-16,21,24-27,30,33-37H2;2*1-3H. The lowest BCUT2D eigenvalue weighted by Crippen LogP contribution is -2.30. The van der Waals surface area contributed by atoms with E-state index in [2.05, 4.69) is 85.9 Å². The third-order valence-corrected chi connectivity index (χ3v) is 12.1. The summed E-state index contributed by atoms with van der Waals surface area (Å²) < 4.78 is -0.0554. The van der Waals surface area contributed by atoms with Crippen LogP contribution in [0.1, 0.15) is 177 Å². The van der Waals surface area contributed by atoms with Crippen molar-refractivity contribution in [3.8, 4) is 0 Å². The Morgan fingerprint density at radius 2 is 0.778 bits per heavy atom. The molecule has 2 aromatic carbocycles. The van der Waals surface area contributed by atoms with Crippen LogP contribution in [0, 0.1) is 5.92 Å². The number of hydrogen-bond acceptors (Lipinski definition) is 10. The number of benzene rings is 2. The van der Waals surface area contributed by atoms with Gasteiger partial charge < -0.3 is 29.4 Å². The summed E-state index contributed by atoms with van der Waals surface area (Å²) in [7, 11) is -5.24. The van der Waals surface area contributed by atoms with Crippen LogP contribution in [0.2, 0.25) is 0 Å². The summed E-state index contributed by atoms with van der Waals surface area (Å²) in [6.07, 6.45) is 33.4. The lowest BCUT2D eigenvalue weighted by atomic mass is 9.76. The van der Waals surface area contributed by atoms with Crippen LogP contribution < -0.4 is 0 Å². The maximum atomic E-state index is 7.23. The van der Waals surface area contributed by atoms with Gasteiger partial charge in [-0.3, -0.25) is 0 Å². The summed E-state index contributed by atoms with van der Waals surface area (Å²) in [4.78, 5) is 43.4. The van der Waals surface area contributed by atoms with E-state index in [1.54, 1.807) is 0 Å². The van der Waals surface area contributed by atoms with Crippen LogP contribution in [0.25, 0.3) is 0 Å². The second kappa shape index (κ2) is 38.9. The first-order valence-electron chi connectivity index (χ1n) is 20.5. The summed E-state index contributed by atoms with van der Waals surface area (Å²) in [6.45, 7) is 0. The van der Waals surface area contributed by atoms with Gasteiger partial charge in [-0.15, -0.1) is 0 Å². The molecule has 2 aromatic rings. The molecule has 0 fully saturated rings. The third-order valence-electron chi connectivity index (χ3n) is 10.1. The molecular weight excluding hydrogens is 791 g/mol. The Balaban J connectivity index is 0.00000318. The fraction of sp³-hybridized carbons (Fsp3) is 0.714. The number of hydrogen-bond donors (Lipinski definition) is 10. The molecule has 0 amide bonds. The van der Waals surface area contributed by atoms with Crippen molar-refractivity contribution in [1.29, 1.82) is 0 Å². The molecule has 6 nitrogen and oxygen atoms in total. The summed E-state index contributed by atoms with van der Waals surface area (Å²) in [6, 6.07) is 22.2. The molecule has 0 radical (unpaired) electrons. The minimum absolute atomic E-state index is 0.0554. The van der Waals surface area contributed by atoms with Crippen molar-refractivity contribution in [1.82, 2.24) is 0 Å². The molecule has 0 heterocycles. The molecule has 0 aliphatic heterocycles. The fourth-order valence-corrected chi connectivity index (χ4v) is 8.54. The van der Waals surface area contributed by atoms with Gasteiger partial charge in [-0.1, -0.05) is 183 Å². The minimum Gasteiger partial charge on any atom is -0.328 e. The van der Waals surface area contributed by atoms with E-state index in [9.17, 15) is 0 Å². The average Bonchev–Trinajstić information content (AvgIpc) is 3.15. The van der Waals surface area contributed by atoms with Gasteiger partial charge in [0, 0.05) is 10.00 Å². The van der Waals surface area contributed by atoms with E-state index in [1.165, 1.54) is 165 Å². The molecule has 0 bridgehead atoms. The van der Waals surface area contributed by atoms with Crippen molar-refractivity contribution >= 4 is 67.7 Å². The van der Waals surface area contributed by atoms with Crippen LogP contribution in [-0.4, -0.2) is 40.9 Å². The van der Waals surface area contributed by atoms with Gasteiger partial charge in [0.1, 0.15) is 0 Å². The third kappa shape index (κ3) is 32.4. The summed E-state index contributed by atoms with van der Waals surface area (Å²) in [5.74, 6) is 2.68. The van der Waals surface area contributed by atoms with E-state index in [-0.39, 0.29) is 4.75 Å². The molecule has 314 valence electrons. The summed E-state index contributed by atoms with van der Waals surface area (Å²) >= 11 is 19.4. The lowest BCUT2D eigenvalue weighted by Gasteiger charge is -2.38. The molecule has 3 unspecified atom stereocenters. The molecule has 3 atom stereocenters. The number of rotatable bonds is 31. The van der Waals surface area contributed by atoms with Crippen molar-refractivity contribution in [3.63, 3.8) is 0 Å². The topological polar surface area (TPSA) is 121 Å². The summed E-state index contributed by atoms with van der Waals surface area (Å²) in [5.41, 5.74) is 2.79. The van der Waals surface area contributed by atoms with Gasteiger partial charge >= 0.3 is 17.2 Å². The monoisotopic (exact) mass is 866 g/mol. The lowest BCUT2D eigenvalue weighted by molar-refractivity contribution is 0.295. The summed E-state index contributed by atoms with van der Waals surface area (Å²) in [5, 5.41) is 0.314. The highest BCUT2D eigenvalue weighted by Gasteiger charge is 2.36. The van der Waals surface area contributed by atoms with Gasteiger partial charge in [-0.05, 0) is 67.1 Å². The molecule has 2 rings (SSSR count). The first kappa shape index (κ1) is 54.5. The Morgan fingerprint density at radius 3 is 1.19 bits per heavy atom. The maximum absolute atomic E-state index is 7.23. The van der Waals surface area contributed by atoms with E-state index in [0.29, 0.717) is 11.2 Å². The second-order valence-electron chi connectivity index (χ2n) is 14.4. The first-order valence-corrected chi connectivity index (χ1v) is 25.2. The van der Waals surface area contributed by atoms with E-state index in [4.69, 9.17) is 54.6 Å². The molecule has 0 aliphatic carbocycles. The molecule has 54 heavy (non-hydrogen) atoms. The Bertz CT molecular complexity index is 1040. The van der Waals surface area contributed by atoms with E-state index in [0.717, 1.165) is 17.9 Å². The van der Waals surface area contributed by atoms with Gasteiger partial charge in [-0.2, -0.15) is 50.5 Å². The van der Waals surface area contributed by atoms with Crippen molar-refractivity contribution in [2.24, 2.45) is 5.92 Å². The predicted octanol–water partition coefficient (Wildman–Crippen LogP) is 13.1. The molecular formula is C42H76O6P2S4. The molecule has 0 spiro atoms. The van der Waals surface area contributed by atoms with Gasteiger partial charge in [-0.25, -0.2) is 0 Å². The van der Waals surface area contributed by atoms with Crippen LogP contribution in [0.4, 0.5) is 0 Å². The minimum atomic E-state index is -2.62. The zero-order valence-corrected chi connectivity index (χ0v) is 38.3. The van der Waals surface area contributed by atoms with E-state index in [1.807, 2.05) is 0 Å². The molecule has 0 saturated carbocycles. The number of unbranched alkanes of at least 4 members (excludes halogenated alkanes) is 18. The highest BCUT2D eigenvalue weighted by molar-refractivity contribution is 7.81. The SMILES string of the molecule is OP(O)O.OP(O)O.SCCCCCCCCCCCCC(CCCC(S)c1ccccc1)C(S)(CCCCCCCCCCCCS)c1ccccc1. The zero-order chi connectivity index (χ0) is 40.1. The number of thiol groups is 4. The van der Waals surface area contributed by atoms with Crippen LogP contribution in [0.3, 0.4) is 0 Å². The quantitative estimate of drug-likeness (QED) is 0.0209. The van der Waals surface area contributed by atoms with Gasteiger partial charge in [0.25, 0.3) is 0 Å². The first-order chi connectivity index (χ1) is 26.1. The average molecular weight is 867 g/mol. The molecule has 12 heteroatoms. The van der Waals surface area contributed by atoms with E-state index >= 15 is 0 Å². The Hall–Kier alpha value is 0.460. The van der Waals surface area contributed by atoms with Gasteiger partial charge in [0.15, 0.2) is 0 Å². The van der Waals surface area contributed by atoms with Crippen molar-refractivity contribution in [2.45, 2.75) is 171 Å². The normalized spacial score (nSPS) is 13.5. The molecule has 0 aliphatic rings. The van der Waals surface area contributed by atoms with Crippen LogP contribution in [-0.2, 0) is 4.75 Å². The zero-order valence-electron chi connectivity index (χ0n) is 32.9. The van der Waals surface area contributed by atoms with E-state index < -0.39 is 17.2 Å².